The summed E-state index contributed by atoms with van der Waals surface area (Å²) in [7, 11) is 0. The number of carboxylic acid groups (broad SMARTS) is 1. The normalized spacial score (nSPS) is 11.9. The first-order valence-electron chi connectivity index (χ1n) is 14.9. The number of rotatable bonds is 12. The zero-order valence-electron chi connectivity index (χ0n) is 25.8. The van der Waals surface area contributed by atoms with Gasteiger partial charge in [-0.25, -0.2) is 9.97 Å². The SMILES string of the molecule is CCCc1ccc(-c2cnc(-c3ccc(CC(NC(=O)c4ccc(C(C)(C)C)cc4)C(=O)NCCC(=O)O)cc3)nc2)cc1. The molecule has 1 aromatic heterocycles. The van der Waals surface area contributed by atoms with Gasteiger partial charge in [0.05, 0.1) is 6.42 Å². The number of hydrogen-bond donors (Lipinski definition) is 3. The molecule has 0 aliphatic carbocycles. The third-order valence-corrected chi connectivity index (χ3v) is 7.40. The van der Waals surface area contributed by atoms with E-state index in [0.29, 0.717) is 11.4 Å². The minimum atomic E-state index is -1.01. The van der Waals surface area contributed by atoms with E-state index in [0.717, 1.165) is 40.7 Å². The molecular weight excluding hydrogens is 552 g/mol. The van der Waals surface area contributed by atoms with Crippen LogP contribution in [0.1, 0.15) is 67.6 Å². The van der Waals surface area contributed by atoms with E-state index in [-0.39, 0.29) is 30.7 Å². The lowest BCUT2D eigenvalue weighted by Crippen LogP contribution is -2.48. The Kier molecular flexibility index (Phi) is 10.6. The van der Waals surface area contributed by atoms with Crippen molar-refractivity contribution in [1.82, 2.24) is 20.6 Å². The second-order valence-corrected chi connectivity index (χ2v) is 11.9. The van der Waals surface area contributed by atoms with Gasteiger partial charge in [0.2, 0.25) is 5.91 Å². The quantitative estimate of drug-likeness (QED) is 0.186. The van der Waals surface area contributed by atoms with E-state index in [1.807, 2.05) is 48.8 Å². The summed E-state index contributed by atoms with van der Waals surface area (Å²) < 4.78 is 0. The topological polar surface area (TPSA) is 121 Å². The van der Waals surface area contributed by atoms with Gasteiger partial charge in [0.1, 0.15) is 6.04 Å². The number of benzene rings is 3. The largest absolute Gasteiger partial charge is 0.481 e. The highest BCUT2D eigenvalue weighted by molar-refractivity contribution is 5.97. The highest BCUT2D eigenvalue weighted by Gasteiger charge is 2.23. The summed E-state index contributed by atoms with van der Waals surface area (Å²) in [5, 5.41) is 14.4. The molecular formula is C36H40N4O4. The fourth-order valence-corrected chi connectivity index (χ4v) is 4.79. The molecule has 0 aliphatic rings. The van der Waals surface area contributed by atoms with Crippen molar-refractivity contribution in [1.29, 1.82) is 0 Å². The molecule has 44 heavy (non-hydrogen) atoms. The lowest BCUT2D eigenvalue weighted by Gasteiger charge is -2.20. The number of aromatic nitrogens is 2. The van der Waals surface area contributed by atoms with Gasteiger partial charge in [-0.3, -0.25) is 14.4 Å². The van der Waals surface area contributed by atoms with Crippen molar-refractivity contribution in [3.63, 3.8) is 0 Å². The molecule has 4 aromatic rings. The first-order valence-corrected chi connectivity index (χ1v) is 14.9. The molecule has 0 saturated heterocycles. The van der Waals surface area contributed by atoms with Crippen molar-refractivity contribution in [2.45, 2.75) is 64.8 Å². The van der Waals surface area contributed by atoms with Crippen molar-refractivity contribution in [3.05, 3.63) is 107 Å². The molecule has 0 aliphatic heterocycles. The van der Waals surface area contributed by atoms with E-state index in [2.05, 4.69) is 72.6 Å². The van der Waals surface area contributed by atoms with Crippen LogP contribution in [0.4, 0.5) is 0 Å². The Hall–Kier alpha value is -4.85. The number of amides is 2. The van der Waals surface area contributed by atoms with Gasteiger partial charge in [0.15, 0.2) is 5.82 Å². The molecule has 0 radical (unpaired) electrons. The van der Waals surface area contributed by atoms with Crippen LogP contribution in [-0.4, -0.2) is 45.4 Å². The molecule has 3 aromatic carbocycles. The second kappa shape index (κ2) is 14.6. The van der Waals surface area contributed by atoms with Gasteiger partial charge in [0, 0.05) is 42.0 Å². The molecule has 8 nitrogen and oxygen atoms in total. The molecule has 228 valence electrons. The molecule has 4 rings (SSSR count). The maximum atomic E-state index is 13.1. The molecule has 0 fully saturated rings. The number of carbonyl (C=O) groups is 3. The smallest absolute Gasteiger partial charge is 0.305 e. The molecule has 0 saturated carbocycles. The summed E-state index contributed by atoms with van der Waals surface area (Å²) in [6.07, 6.45) is 5.80. The molecule has 1 unspecified atom stereocenters. The van der Waals surface area contributed by atoms with Gasteiger partial charge in [-0.05, 0) is 46.2 Å². The van der Waals surface area contributed by atoms with Crippen LogP contribution >= 0.6 is 0 Å². The molecule has 2 amide bonds. The predicted octanol–water partition coefficient (Wildman–Crippen LogP) is 5.99. The average Bonchev–Trinajstić information content (AvgIpc) is 3.01. The Labute approximate surface area is 259 Å². The lowest BCUT2D eigenvalue weighted by molar-refractivity contribution is -0.137. The van der Waals surface area contributed by atoms with E-state index >= 15 is 0 Å². The summed E-state index contributed by atoms with van der Waals surface area (Å²) in [5.41, 5.74) is 6.43. The Bertz CT molecular complexity index is 1560. The van der Waals surface area contributed by atoms with E-state index in [1.165, 1.54) is 5.56 Å². The second-order valence-electron chi connectivity index (χ2n) is 11.9. The average molecular weight is 593 g/mol. The van der Waals surface area contributed by atoms with Gasteiger partial charge in [-0.15, -0.1) is 0 Å². The predicted molar refractivity (Wildman–Crippen MR) is 172 cm³/mol. The molecule has 1 atom stereocenters. The van der Waals surface area contributed by atoms with Gasteiger partial charge < -0.3 is 15.7 Å². The highest BCUT2D eigenvalue weighted by atomic mass is 16.4. The zero-order chi connectivity index (χ0) is 31.7. The number of nitrogens with zero attached hydrogens (tertiary/aromatic N) is 2. The van der Waals surface area contributed by atoms with Crippen LogP contribution in [0.5, 0.6) is 0 Å². The summed E-state index contributed by atoms with van der Waals surface area (Å²) in [4.78, 5) is 46.2. The fraction of sp³-hybridized carbons (Fsp3) is 0.306. The standard InChI is InChI=1S/C36H40N4O4/c1-5-6-24-7-11-26(12-8-24)29-22-38-33(39-23-29)27-13-9-25(10-14-27)21-31(35(44)37-20-19-32(41)42)40-34(43)28-15-17-30(18-16-28)36(2,3)4/h7-18,22-23,31H,5-6,19-21H2,1-4H3,(H,37,44)(H,40,43)(H,41,42). The third-order valence-electron chi connectivity index (χ3n) is 7.40. The van der Waals surface area contributed by atoms with E-state index < -0.39 is 17.9 Å². The van der Waals surface area contributed by atoms with Gasteiger partial charge in [-0.1, -0.05) is 94.8 Å². The summed E-state index contributed by atoms with van der Waals surface area (Å²) in [5.74, 6) is -1.26. The van der Waals surface area contributed by atoms with Gasteiger partial charge in [-0.2, -0.15) is 0 Å². The number of aliphatic carboxylic acids is 1. The molecule has 0 bridgehead atoms. The molecule has 3 N–H and O–H groups in total. The number of aryl methyl sites for hydroxylation is 1. The van der Waals surface area contributed by atoms with Crippen molar-refractivity contribution < 1.29 is 19.5 Å². The monoisotopic (exact) mass is 592 g/mol. The lowest BCUT2D eigenvalue weighted by atomic mass is 9.86. The third kappa shape index (κ3) is 8.83. The van der Waals surface area contributed by atoms with E-state index in [1.54, 1.807) is 12.1 Å². The maximum Gasteiger partial charge on any atom is 0.305 e. The van der Waals surface area contributed by atoms with E-state index in [4.69, 9.17) is 5.11 Å². The summed E-state index contributed by atoms with van der Waals surface area (Å²) >= 11 is 0. The maximum absolute atomic E-state index is 13.1. The van der Waals surface area contributed by atoms with Gasteiger partial charge >= 0.3 is 5.97 Å². The molecule has 0 spiro atoms. The van der Waals surface area contributed by atoms with Crippen LogP contribution in [0, 0.1) is 0 Å². The first kappa shape index (κ1) is 32.1. The molecule has 1 heterocycles. The number of carbonyl (C=O) groups excluding carboxylic acids is 2. The summed E-state index contributed by atoms with van der Waals surface area (Å²) in [6, 6.07) is 22.4. The van der Waals surface area contributed by atoms with E-state index in [9.17, 15) is 14.4 Å². The fourth-order valence-electron chi connectivity index (χ4n) is 4.79. The Morgan fingerprint density at radius 1 is 0.795 bits per heavy atom. The Balaban J connectivity index is 1.46. The van der Waals surface area contributed by atoms with Crippen LogP contribution in [0.15, 0.2) is 85.2 Å². The molecule has 8 heteroatoms. The van der Waals surface area contributed by atoms with Crippen LogP contribution in [0.2, 0.25) is 0 Å². The Morgan fingerprint density at radius 2 is 1.39 bits per heavy atom. The van der Waals surface area contributed by atoms with Crippen LogP contribution in [0.3, 0.4) is 0 Å². The van der Waals surface area contributed by atoms with Crippen LogP contribution in [-0.2, 0) is 27.8 Å². The van der Waals surface area contributed by atoms with Crippen molar-refractivity contribution in [2.75, 3.05) is 6.54 Å². The minimum Gasteiger partial charge on any atom is -0.481 e. The van der Waals surface area contributed by atoms with Crippen LogP contribution in [0.25, 0.3) is 22.5 Å². The first-order chi connectivity index (χ1) is 21.0. The zero-order valence-corrected chi connectivity index (χ0v) is 25.8. The number of hydrogen-bond acceptors (Lipinski definition) is 5. The minimum absolute atomic E-state index is 0.0318. The van der Waals surface area contributed by atoms with Crippen molar-refractivity contribution in [2.24, 2.45) is 0 Å². The van der Waals surface area contributed by atoms with Crippen molar-refractivity contribution >= 4 is 17.8 Å². The summed E-state index contributed by atoms with van der Waals surface area (Å²) in [6.45, 7) is 8.42. The highest BCUT2D eigenvalue weighted by Crippen LogP contribution is 2.23. The van der Waals surface area contributed by atoms with Crippen molar-refractivity contribution in [3.8, 4) is 22.5 Å². The number of carboxylic acids is 1. The van der Waals surface area contributed by atoms with Crippen LogP contribution < -0.4 is 10.6 Å². The Morgan fingerprint density at radius 3 is 1.95 bits per heavy atom. The van der Waals surface area contributed by atoms with Gasteiger partial charge in [0.25, 0.3) is 5.91 Å². The number of nitrogens with one attached hydrogen (secondary N) is 2.